The van der Waals surface area contributed by atoms with Crippen LogP contribution in [0.3, 0.4) is 0 Å². The largest absolute Gasteiger partial charge is 0.481 e. The molecule has 1 aliphatic heterocycles. The van der Waals surface area contributed by atoms with Crippen molar-refractivity contribution in [2.24, 2.45) is 0 Å². The smallest absolute Gasteiger partial charge is 0.312 e. The highest BCUT2D eigenvalue weighted by Gasteiger charge is 2.23. The summed E-state index contributed by atoms with van der Waals surface area (Å²) in [4.78, 5) is 23.5. The zero-order valence-corrected chi connectivity index (χ0v) is 13.9. The van der Waals surface area contributed by atoms with Crippen molar-refractivity contribution in [3.05, 3.63) is 35.9 Å². The fourth-order valence-electron chi connectivity index (χ4n) is 2.65. The number of ether oxygens (including phenoxy) is 2. The molecular weight excluding hydrogens is 310 g/mol. The third-order valence-electron chi connectivity index (χ3n) is 4.16. The van der Waals surface area contributed by atoms with Gasteiger partial charge in [-0.05, 0) is 31.7 Å². The molecule has 0 radical (unpaired) electrons. The molecule has 132 valence electrons. The molecule has 1 heterocycles. The fourth-order valence-corrected chi connectivity index (χ4v) is 2.65. The molecule has 1 aliphatic rings. The van der Waals surface area contributed by atoms with Gasteiger partial charge in [-0.25, -0.2) is 0 Å². The number of carbonyl (C=O) groups is 2. The summed E-state index contributed by atoms with van der Waals surface area (Å²) in [5, 5.41) is 12.0. The maximum absolute atomic E-state index is 12.1. The van der Waals surface area contributed by atoms with E-state index in [1.165, 1.54) is 0 Å². The maximum atomic E-state index is 12.1. The highest BCUT2D eigenvalue weighted by atomic mass is 16.5. The number of benzene rings is 1. The molecule has 1 amide bonds. The molecule has 0 aliphatic carbocycles. The van der Waals surface area contributed by atoms with E-state index in [0.717, 1.165) is 25.9 Å². The van der Waals surface area contributed by atoms with E-state index in [1.807, 2.05) is 6.07 Å². The molecule has 2 N–H and O–H groups in total. The first-order chi connectivity index (χ1) is 11.6. The molecule has 1 aromatic carbocycles. The van der Waals surface area contributed by atoms with Crippen LogP contribution in [0, 0.1) is 0 Å². The van der Waals surface area contributed by atoms with E-state index < -0.39 is 18.0 Å². The lowest BCUT2D eigenvalue weighted by molar-refractivity contribution is -0.139. The lowest BCUT2D eigenvalue weighted by Crippen LogP contribution is -2.39. The summed E-state index contributed by atoms with van der Waals surface area (Å²) in [6, 6.07) is 8.87. The first kappa shape index (κ1) is 18.4. The molecule has 3 atom stereocenters. The molecule has 0 bridgehead atoms. The molecule has 24 heavy (non-hydrogen) atoms. The molecule has 6 heteroatoms. The van der Waals surface area contributed by atoms with Gasteiger partial charge in [0.15, 0.2) is 0 Å². The Kier molecular flexibility index (Phi) is 7.21. The van der Waals surface area contributed by atoms with E-state index >= 15 is 0 Å². The van der Waals surface area contributed by atoms with Gasteiger partial charge >= 0.3 is 5.97 Å². The quantitative estimate of drug-likeness (QED) is 0.758. The molecule has 0 spiro atoms. The number of carboxylic acid groups (broad SMARTS) is 1. The van der Waals surface area contributed by atoms with E-state index in [4.69, 9.17) is 9.47 Å². The molecule has 3 unspecified atom stereocenters. The SMILES string of the molecule is CC(OCC1CCCCO1)C(=O)NCC(C(=O)O)c1ccccc1. The monoisotopic (exact) mass is 335 g/mol. The summed E-state index contributed by atoms with van der Waals surface area (Å²) < 4.78 is 11.1. The van der Waals surface area contributed by atoms with Gasteiger partial charge in [-0.2, -0.15) is 0 Å². The lowest BCUT2D eigenvalue weighted by atomic mass is 9.99. The third-order valence-corrected chi connectivity index (χ3v) is 4.16. The van der Waals surface area contributed by atoms with Crippen molar-refractivity contribution >= 4 is 11.9 Å². The van der Waals surface area contributed by atoms with E-state index in [2.05, 4.69) is 5.32 Å². The van der Waals surface area contributed by atoms with Crippen molar-refractivity contribution in [3.63, 3.8) is 0 Å². The lowest BCUT2D eigenvalue weighted by Gasteiger charge is -2.24. The average molecular weight is 335 g/mol. The number of aliphatic carboxylic acids is 1. The van der Waals surface area contributed by atoms with Gasteiger partial charge in [-0.15, -0.1) is 0 Å². The zero-order valence-electron chi connectivity index (χ0n) is 13.9. The van der Waals surface area contributed by atoms with E-state index in [1.54, 1.807) is 31.2 Å². The summed E-state index contributed by atoms with van der Waals surface area (Å²) in [6.07, 6.45) is 2.55. The first-order valence-electron chi connectivity index (χ1n) is 8.36. The van der Waals surface area contributed by atoms with Crippen molar-refractivity contribution < 1.29 is 24.2 Å². The van der Waals surface area contributed by atoms with Gasteiger partial charge in [0.1, 0.15) is 6.10 Å². The second kappa shape index (κ2) is 9.39. The van der Waals surface area contributed by atoms with Crippen LogP contribution in [-0.2, 0) is 19.1 Å². The van der Waals surface area contributed by atoms with Gasteiger partial charge in [0.25, 0.3) is 0 Å². The molecule has 0 aromatic heterocycles. The van der Waals surface area contributed by atoms with Gasteiger partial charge in [-0.3, -0.25) is 9.59 Å². The number of carbonyl (C=O) groups excluding carboxylic acids is 1. The molecule has 6 nitrogen and oxygen atoms in total. The second-order valence-electron chi connectivity index (χ2n) is 6.01. The van der Waals surface area contributed by atoms with Crippen LogP contribution in [-0.4, -0.2) is 48.9 Å². The third kappa shape index (κ3) is 5.62. The Bertz CT molecular complexity index is 527. The molecule has 1 saturated heterocycles. The fraction of sp³-hybridized carbons (Fsp3) is 0.556. The van der Waals surface area contributed by atoms with Crippen LogP contribution in [0.15, 0.2) is 30.3 Å². The highest BCUT2D eigenvalue weighted by Crippen LogP contribution is 2.15. The zero-order chi connectivity index (χ0) is 17.4. The van der Waals surface area contributed by atoms with Gasteiger partial charge < -0.3 is 19.9 Å². The molecule has 1 fully saturated rings. The van der Waals surface area contributed by atoms with E-state index in [-0.39, 0.29) is 18.6 Å². The number of carboxylic acids is 1. The van der Waals surface area contributed by atoms with Gasteiger partial charge in [-0.1, -0.05) is 30.3 Å². The minimum Gasteiger partial charge on any atom is -0.481 e. The minimum atomic E-state index is -0.967. The van der Waals surface area contributed by atoms with Crippen molar-refractivity contribution in [2.75, 3.05) is 19.8 Å². The second-order valence-corrected chi connectivity index (χ2v) is 6.01. The summed E-state index contributed by atoms with van der Waals surface area (Å²) in [5.41, 5.74) is 0.662. The highest BCUT2D eigenvalue weighted by molar-refractivity contribution is 5.82. The van der Waals surface area contributed by atoms with Crippen LogP contribution in [0.4, 0.5) is 0 Å². The molecular formula is C18H25NO5. The Balaban J connectivity index is 1.78. The predicted molar refractivity (Wildman–Crippen MR) is 88.8 cm³/mol. The van der Waals surface area contributed by atoms with Gasteiger partial charge in [0, 0.05) is 13.2 Å². The minimum absolute atomic E-state index is 0.0335. The Labute approximate surface area is 142 Å². The Morgan fingerprint density at radius 2 is 2.08 bits per heavy atom. The maximum Gasteiger partial charge on any atom is 0.312 e. The number of hydrogen-bond donors (Lipinski definition) is 2. The van der Waals surface area contributed by atoms with E-state index in [0.29, 0.717) is 12.2 Å². The Hall–Kier alpha value is -1.92. The van der Waals surface area contributed by atoms with Crippen molar-refractivity contribution in [2.45, 2.75) is 44.3 Å². The summed E-state index contributed by atoms with van der Waals surface area (Å²) in [6.45, 7) is 2.82. The molecule has 0 saturated carbocycles. The van der Waals surface area contributed by atoms with Crippen LogP contribution < -0.4 is 5.32 Å². The van der Waals surface area contributed by atoms with E-state index in [9.17, 15) is 14.7 Å². The summed E-state index contributed by atoms with van der Waals surface area (Å²) in [7, 11) is 0. The summed E-state index contributed by atoms with van der Waals surface area (Å²) in [5.74, 6) is -2.05. The van der Waals surface area contributed by atoms with Crippen molar-refractivity contribution in [3.8, 4) is 0 Å². The summed E-state index contributed by atoms with van der Waals surface area (Å²) >= 11 is 0. The number of hydrogen-bond acceptors (Lipinski definition) is 4. The van der Waals surface area contributed by atoms with Gasteiger partial charge in [0.2, 0.25) is 5.91 Å². The topological polar surface area (TPSA) is 84.9 Å². The average Bonchev–Trinajstić information content (AvgIpc) is 2.61. The van der Waals surface area contributed by atoms with Crippen molar-refractivity contribution in [1.29, 1.82) is 0 Å². The molecule has 1 aromatic rings. The first-order valence-corrected chi connectivity index (χ1v) is 8.36. The van der Waals surface area contributed by atoms with Crippen LogP contribution in [0.2, 0.25) is 0 Å². The normalized spacial score (nSPS) is 20.1. The Morgan fingerprint density at radius 3 is 2.71 bits per heavy atom. The Morgan fingerprint density at radius 1 is 1.33 bits per heavy atom. The number of nitrogens with one attached hydrogen (secondary N) is 1. The van der Waals surface area contributed by atoms with Crippen LogP contribution >= 0.6 is 0 Å². The van der Waals surface area contributed by atoms with Crippen LogP contribution in [0.5, 0.6) is 0 Å². The standard InChI is InChI=1S/C18H25NO5/c1-13(24-12-15-9-5-6-10-23-15)17(20)19-11-16(18(21)22)14-7-3-2-4-8-14/h2-4,7-8,13,15-16H,5-6,9-12H2,1H3,(H,19,20)(H,21,22). The predicted octanol–water partition coefficient (Wildman–Crippen LogP) is 1.95. The number of amides is 1. The molecule has 2 rings (SSSR count). The van der Waals surface area contributed by atoms with Gasteiger partial charge in [0.05, 0.1) is 18.6 Å². The number of rotatable bonds is 8. The van der Waals surface area contributed by atoms with Crippen LogP contribution in [0.25, 0.3) is 0 Å². The van der Waals surface area contributed by atoms with Crippen molar-refractivity contribution in [1.82, 2.24) is 5.32 Å². The van der Waals surface area contributed by atoms with Crippen LogP contribution in [0.1, 0.15) is 37.7 Å².